The fraction of sp³-hybridized carbons (Fsp3) is 0.286. The molecule has 0 saturated heterocycles. The Morgan fingerprint density at radius 2 is 1.48 bits per heavy atom. The van der Waals surface area contributed by atoms with E-state index in [1.165, 1.54) is 68.5 Å². The molecule has 6 heteroatoms. The van der Waals surface area contributed by atoms with Gasteiger partial charge in [-0.2, -0.15) is 0 Å². The molecule has 0 spiro atoms. The summed E-state index contributed by atoms with van der Waals surface area (Å²) in [5, 5.41) is 10.8. The van der Waals surface area contributed by atoms with E-state index in [9.17, 15) is 4.79 Å². The van der Waals surface area contributed by atoms with Crippen molar-refractivity contribution in [3.05, 3.63) is 108 Å². The monoisotopic (exact) mass is 939 g/mol. The minimum atomic E-state index is -2.72. The SMILES string of the molecule is CC(=O)/C=C(/C)O.Cc1c(-c2cc[c]([Ge]([CH3])([CH3])[CH3])cc2)ccc2[c]1[Ge]([CH3])([CH3])[c]1c-2ccnc1-c1[c-]c2ccccc2c(C(C)(C)C)c1.[Ir]. The number of hydrogen-bond acceptors (Lipinski definition) is 3. The molecular weight excluding hydrogens is 888 g/mol. The number of ketones is 1. The van der Waals surface area contributed by atoms with Crippen molar-refractivity contribution in [3.63, 3.8) is 0 Å². The summed E-state index contributed by atoms with van der Waals surface area (Å²) in [4.78, 5) is 15.1. The summed E-state index contributed by atoms with van der Waals surface area (Å²) in [6, 6.07) is 31.3. The molecule has 0 fully saturated rings. The maximum Gasteiger partial charge on any atom is 0 e. The fourth-order valence-corrected chi connectivity index (χ4v) is 17.7. The van der Waals surface area contributed by atoms with Crippen LogP contribution >= 0.6 is 0 Å². The van der Waals surface area contributed by atoms with Crippen molar-refractivity contribution in [2.45, 2.75) is 75.7 Å². The first-order valence-electron chi connectivity index (χ1n) is 16.5. The normalized spacial score (nSPS) is 13.6. The Morgan fingerprint density at radius 1 is 0.875 bits per heavy atom. The van der Waals surface area contributed by atoms with E-state index in [4.69, 9.17) is 10.1 Å². The Bertz CT molecular complexity index is 2030. The minimum Gasteiger partial charge on any atom is 0 e. The number of benzene rings is 4. The number of aromatic nitrogens is 1. The van der Waals surface area contributed by atoms with E-state index >= 15 is 0 Å². The summed E-state index contributed by atoms with van der Waals surface area (Å²) in [5.74, 6) is 12.5. The molecular formula is C42H48Ge2IrNO2-. The third-order valence-electron chi connectivity index (χ3n) is 9.27. The van der Waals surface area contributed by atoms with Gasteiger partial charge in [0.25, 0.3) is 0 Å². The van der Waals surface area contributed by atoms with E-state index in [1.807, 2.05) is 6.20 Å². The second kappa shape index (κ2) is 14.2. The standard InChI is InChI=1S/C37H40Ge2N.C5H8O2.Ir/c1-24-29(25-14-16-28(17-15-25)38(5,6)7)18-19-31-32-20-21-40-36(35(32)39(8,9)34(24)31)27-22-26-12-10-11-13-30(26)33(23-27)37(2,3)4;1-4(6)3-5(2)7;/h10-21,23H,1-9H3;3,6H,1-2H3;/q-1;;/b;4-3-;. The van der Waals surface area contributed by atoms with Crippen LogP contribution in [-0.4, -0.2) is 42.4 Å². The van der Waals surface area contributed by atoms with Crippen LogP contribution in [0.1, 0.15) is 45.7 Å². The minimum absolute atomic E-state index is 0. The summed E-state index contributed by atoms with van der Waals surface area (Å²) in [7, 11) is 0. The van der Waals surface area contributed by atoms with Gasteiger partial charge in [0.05, 0.1) is 5.76 Å². The number of carbonyl (C=O) groups is 1. The summed E-state index contributed by atoms with van der Waals surface area (Å²) < 4.78 is 4.67. The molecule has 6 rings (SSSR count). The van der Waals surface area contributed by atoms with Gasteiger partial charge in [-0.25, -0.2) is 0 Å². The molecule has 0 atom stereocenters. The van der Waals surface area contributed by atoms with E-state index in [0.717, 1.165) is 11.3 Å². The molecule has 0 bridgehead atoms. The topological polar surface area (TPSA) is 50.2 Å². The quantitative estimate of drug-likeness (QED) is 0.0847. The van der Waals surface area contributed by atoms with Crippen molar-refractivity contribution in [1.82, 2.24) is 4.98 Å². The Hall–Kier alpha value is -2.76. The fourth-order valence-electron chi connectivity index (χ4n) is 7.12. The van der Waals surface area contributed by atoms with E-state index in [2.05, 4.69) is 135 Å². The largest absolute Gasteiger partial charge is 0 e. The van der Waals surface area contributed by atoms with Gasteiger partial charge in [0.1, 0.15) is 0 Å². The zero-order chi connectivity index (χ0) is 34.5. The number of pyridine rings is 1. The van der Waals surface area contributed by atoms with Gasteiger partial charge in [-0.15, -0.1) is 0 Å². The number of nitrogens with zero attached hydrogens (tertiary/aromatic N) is 1. The van der Waals surface area contributed by atoms with Crippen LogP contribution in [0.3, 0.4) is 0 Å². The summed E-state index contributed by atoms with van der Waals surface area (Å²) in [6.45, 7) is 12.1. The number of aliphatic hydroxyl groups excluding tert-OH is 1. The third-order valence-corrected chi connectivity index (χ3v) is 21.3. The Morgan fingerprint density at radius 3 is 2.04 bits per heavy atom. The van der Waals surface area contributed by atoms with Gasteiger partial charge in [-0.3, -0.25) is 4.79 Å². The third kappa shape index (κ3) is 7.53. The van der Waals surface area contributed by atoms with Crippen LogP contribution in [0.4, 0.5) is 0 Å². The number of allylic oxidation sites excluding steroid dienone is 2. The molecule has 1 aliphatic rings. The molecule has 0 unspecified atom stereocenters. The summed E-state index contributed by atoms with van der Waals surface area (Å²) in [5.41, 5.74) is 10.6. The van der Waals surface area contributed by atoms with Crippen LogP contribution in [-0.2, 0) is 30.3 Å². The van der Waals surface area contributed by atoms with Gasteiger partial charge in [0.15, 0.2) is 5.78 Å². The van der Waals surface area contributed by atoms with Gasteiger partial charge < -0.3 is 5.11 Å². The van der Waals surface area contributed by atoms with Crippen LogP contribution < -0.4 is 13.2 Å². The van der Waals surface area contributed by atoms with E-state index < -0.39 is 26.5 Å². The number of fused-ring (bicyclic) bond motifs is 4. The molecule has 48 heavy (non-hydrogen) atoms. The van der Waals surface area contributed by atoms with Crippen LogP contribution in [0.15, 0.2) is 90.8 Å². The first kappa shape index (κ1) is 38.0. The van der Waals surface area contributed by atoms with Crippen molar-refractivity contribution in [1.29, 1.82) is 0 Å². The van der Waals surface area contributed by atoms with Crippen LogP contribution in [0.2, 0.25) is 28.8 Å². The first-order valence-corrected chi connectivity index (χ1v) is 30.1. The van der Waals surface area contributed by atoms with E-state index in [1.54, 1.807) is 8.79 Å². The average molecular weight is 936 g/mol. The molecule has 4 aromatic carbocycles. The number of hydrogen-bond donors (Lipinski definition) is 1. The molecule has 0 aliphatic carbocycles. The first-order chi connectivity index (χ1) is 21.9. The van der Waals surface area contributed by atoms with Gasteiger partial charge >= 0.3 is 247 Å². The maximum absolute atomic E-state index is 10.0. The van der Waals surface area contributed by atoms with Crippen molar-refractivity contribution in [3.8, 4) is 33.5 Å². The van der Waals surface area contributed by atoms with Crippen LogP contribution in [0, 0.1) is 13.0 Å². The average Bonchev–Trinajstić information content (AvgIpc) is 3.22. The molecule has 5 aromatic rings. The molecule has 1 radical (unpaired) electrons. The number of aliphatic hydroxyl groups is 1. The molecule has 3 nitrogen and oxygen atoms in total. The van der Waals surface area contributed by atoms with Crippen molar-refractivity contribution >= 4 is 56.3 Å². The number of rotatable bonds is 4. The Labute approximate surface area is 306 Å². The van der Waals surface area contributed by atoms with E-state index in [0.29, 0.717) is 0 Å². The molecule has 1 aromatic heterocycles. The van der Waals surface area contributed by atoms with Gasteiger partial charge in [-0.1, -0.05) is 0 Å². The van der Waals surface area contributed by atoms with Gasteiger partial charge in [0, 0.05) is 26.2 Å². The predicted octanol–water partition coefficient (Wildman–Crippen LogP) is 9.36. The summed E-state index contributed by atoms with van der Waals surface area (Å²) in [6.07, 6.45) is 3.18. The molecule has 0 saturated carbocycles. The molecule has 1 aliphatic heterocycles. The van der Waals surface area contributed by atoms with Gasteiger partial charge in [-0.05, 0) is 13.8 Å². The number of carbonyl (C=O) groups excluding carboxylic acids is 1. The zero-order valence-corrected chi connectivity index (χ0v) is 36.8. The second-order valence-corrected chi connectivity index (χ2v) is 35.1. The second-order valence-electron chi connectivity index (χ2n) is 15.5. The summed E-state index contributed by atoms with van der Waals surface area (Å²) >= 11 is -4.56. The zero-order valence-electron chi connectivity index (χ0n) is 30.2. The van der Waals surface area contributed by atoms with Gasteiger partial charge in [0.2, 0.25) is 0 Å². The van der Waals surface area contributed by atoms with Crippen LogP contribution in [0.25, 0.3) is 44.3 Å². The van der Waals surface area contributed by atoms with Crippen molar-refractivity contribution in [2.75, 3.05) is 0 Å². The van der Waals surface area contributed by atoms with E-state index in [-0.39, 0.29) is 37.1 Å². The predicted molar refractivity (Wildman–Crippen MR) is 207 cm³/mol. The molecule has 2 heterocycles. The Kier molecular flexibility index (Phi) is 11.3. The molecule has 251 valence electrons. The molecule has 1 N–H and O–H groups in total. The van der Waals surface area contributed by atoms with Crippen molar-refractivity contribution in [2.24, 2.45) is 0 Å². The Balaban J connectivity index is 0.000000589. The maximum atomic E-state index is 10.0. The van der Waals surface area contributed by atoms with Crippen molar-refractivity contribution < 1.29 is 30.0 Å². The van der Waals surface area contributed by atoms with Crippen LogP contribution in [0.5, 0.6) is 0 Å². The molecule has 0 amide bonds. The smallest absolute Gasteiger partial charge is 0 e.